The SMILES string of the molecule is Nc1nc(C2CCSC2)c2cccc(F)c2n1. The van der Waals surface area contributed by atoms with Gasteiger partial charge >= 0.3 is 0 Å². The van der Waals surface area contributed by atoms with Gasteiger partial charge < -0.3 is 5.73 Å². The largest absolute Gasteiger partial charge is 0.368 e. The molecule has 5 heteroatoms. The molecule has 3 rings (SSSR count). The normalized spacial score (nSPS) is 19.9. The van der Waals surface area contributed by atoms with E-state index in [2.05, 4.69) is 9.97 Å². The average molecular weight is 249 g/mol. The predicted molar refractivity (Wildman–Crippen MR) is 68.6 cm³/mol. The Morgan fingerprint density at radius 1 is 1.35 bits per heavy atom. The molecule has 1 fully saturated rings. The quantitative estimate of drug-likeness (QED) is 0.844. The van der Waals surface area contributed by atoms with E-state index in [-0.39, 0.29) is 11.8 Å². The highest BCUT2D eigenvalue weighted by molar-refractivity contribution is 7.99. The van der Waals surface area contributed by atoms with Crippen LogP contribution in [0.4, 0.5) is 10.3 Å². The number of benzene rings is 1. The lowest BCUT2D eigenvalue weighted by atomic mass is 10.0. The van der Waals surface area contributed by atoms with Gasteiger partial charge in [0.1, 0.15) is 11.3 Å². The molecule has 1 unspecified atom stereocenters. The molecule has 2 heterocycles. The van der Waals surface area contributed by atoms with Crippen LogP contribution in [-0.4, -0.2) is 21.5 Å². The van der Waals surface area contributed by atoms with Gasteiger partial charge in [0.25, 0.3) is 0 Å². The Kier molecular flexibility index (Phi) is 2.63. The zero-order valence-corrected chi connectivity index (χ0v) is 10.0. The number of hydrogen-bond donors (Lipinski definition) is 1. The van der Waals surface area contributed by atoms with Crippen LogP contribution in [0, 0.1) is 5.82 Å². The number of fused-ring (bicyclic) bond motifs is 1. The molecule has 0 bridgehead atoms. The molecule has 0 spiro atoms. The third-order valence-corrected chi connectivity index (χ3v) is 4.20. The molecule has 1 aromatic carbocycles. The number of nitrogens with zero attached hydrogens (tertiary/aromatic N) is 2. The molecule has 17 heavy (non-hydrogen) atoms. The molecular weight excluding hydrogens is 237 g/mol. The summed E-state index contributed by atoms with van der Waals surface area (Å²) in [7, 11) is 0. The minimum Gasteiger partial charge on any atom is -0.368 e. The van der Waals surface area contributed by atoms with E-state index in [1.165, 1.54) is 6.07 Å². The molecule has 1 aliphatic heterocycles. The molecule has 2 N–H and O–H groups in total. The van der Waals surface area contributed by atoms with Crippen molar-refractivity contribution in [1.29, 1.82) is 0 Å². The number of thioether (sulfide) groups is 1. The zero-order valence-electron chi connectivity index (χ0n) is 9.19. The fraction of sp³-hybridized carbons (Fsp3) is 0.333. The van der Waals surface area contributed by atoms with E-state index in [0.29, 0.717) is 11.4 Å². The van der Waals surface area contributed by atoms with Gasteiger partial charge in [-0.05, 0) is 18.2 Å². The third-order valence-electron chi connectivity index (χ3n) is 3.04. The van der Waals surface area contributed by atoms with E-state index < -0.39 is 0 Å². The maximum absolute atomic E-state index is 13.7. The number of hydrogen-bond acceptors (Lipinski definition) is 4. The van der Waals surface area contributed by atoms with Crippen LogP contribution in [-0.2, 0) is 0 Å². The van der Waals surface area contributed by atoms with Crippen molar-refractivity contribution >= 4 is 28.6 Å². The summed E-state index contributed by atoms with van der Waals surface area (Å²) in [5.41, 5.74) is 6.91. The van der Waals surface area contributed by atoms with Gasteiger partial charge in [0.15, 0.2) is 0 Å². The fourth-order valence-electron chi connectivity index (χ4n) is 2.22. The lowest BCUT2D eigenvalue weighted by molar-refractivity contribution is 0.636. The molecule has 0 amide bonds. The first-order valence-electron chi connectivity index (χ1n) is 5.55. The summed E-state index contributed by atoms with van der Waals surface area (Å²) in [5.74, 6) is 2.36. The van der Waals surface area contributed by atoms with Crippen LogP contribution in [0.2, 0.25) is 0 Å². The predicted octanol–water partition coefficient (Wildman–Crippen LogP) is 2.57. The Morgan fingerprint density at radius 3 is 3.00 bits per heavy atom. The number of nitrogens with two attached hydrogens (primary N) is 1. The molecule has 88 valence electrons. The molecule has 0 aliphatic carbocycles. The van der Waals surface area contributed by atoms with Crippen molar-refractivity contribution in [3.8, 4) is 0 Å². The van der Waals surface area contributed by atoms with Gasteiger partial charge in [-0.1, -0.05) is 12.1 Å². The van der Waals surface area contributed by atoms with Gasteiger partial charge in [0.2, 0.25) is 5.95 Å². The summed E-state index contributed by atoms with van der Waals surface area (Å²) >= 11 is 1.90. The first-order chi connectivity index (χ1) is 8.25. The van der Waals surface area contributed by atoms with Crippen LogP contribution in [0.5, 0.6) is 0 Å². The standard InChI is InChI=1S/C12H12FN3S/c13-9-3-1-2-8-10(7-4-5-17-6-7)15-12(14)16-11(8)9/h1-3,7H,4-6H2,(H2,14,15,16). The first kappa shape index (κ1) is 10.8. The average Bonchev–Trinajstić information content (AvgIpc) is 2.83. The second-order valence-corrected chi connectivity index (χ2v) is 5.31. The van der Waals surface area contributed by atoms with E-state index in [0.717, 1.165) is 29.0 Å². The molecule has 1 atom stereocenters. The van der Waals surface area contributed by atoms with Crippen molar-refractivity contribution in [3.05, 3.63) is 29.7 Å². The van der Waals surface area contributed by atoms with E-state index in [4.69, 9.17) is 5.73 Å². The Balaban J connectivity index is 2.25. The van der Waals surface area contributed by atoms with E-state index in [1.807, 2.05) is 17.8 Å². The number of halogens is 1. The molecular formula is C12H12FN3S. The van der Waals surface area contributed by atoms with Crippen LogP contribution in [0.15, 0.2) is 18.2 Å². The summed E-state index contributed by atoms with van der Waals surface area (Å²) in [6.07, 6.45) is 1.08. The summed E-state index contributed by atoms with van der Waals surface area (Å²) in [6, 6.07) is 4.97. The highest BCUT2D eigenvalue weighted by Gasteiger charge is 2.22. The lowest BCUT2D eigenvalue weighted by Crippen LogP contribution is -2.06. The summed E-state index contributed by atoms with van der Waals surface area (Å²) in [5, 5.41) is 0.798. The molecule has 2 aromatic rings. The van der Waals surface area contributed by atoms with Crippen molar-refractivity contribution < 1.29 is 4.39 Å². The van der Waals surface area contributed by atoms with Crippen molar-refractivity contribution in [2.45, 2.75) is 12.3 Å². The zero-order chi connectivity index (χ0) is 11.8. The van der Waals surface area contributed by atoms with E-state index in [1.54, 1.807) is 6.07 Å². The maximum Gasteiger partial charge on any atom is 0.220 e. The number of rotatable bonds is 1. The summed E-state index contributed by atoms with van der Waals surface area (Å²) in [4.78, 5) is 8.30. The third kappa shape index (κ3) is 1.84. The molecule has 1 saturated heterocycles. The molecule has 1 aromatic heterocycles. The van der Waals surface area contributed by atoms with Crippen molar-refractivity contribution in [1.82, 2.24) is 9.97 Å². The minimum absolute atomic E-state index is 0.162. The van der Waals surface area contributed by atoms with Gasteiger partial charge in [-0.15, -0.1) is 0 Å². The second-order valence-electron chi connectivity index (χ2n) is 4.16. The van der Waals surface area contributed by atoms with Gasteiger partial charge in [-0.25, -0.2) is 14.4 Å². The Hall–Kier alpha value is -1.36. The first-order valence-corrected chi connectivity index (χ1v) is 6.70. The summed E-state index contributed by atoms with van der Waals surface area (Å²) in [6.45, 7) is 0. The van der Waals surface area contributed by atoms with Crippen molar-refractivity contribution in [2.75, 3.05) is 17.2 Å². The molecule has 0 saturated carbocycles. The van der Waals surface area contributed by atoms with Crippen LogP contribution in [0.25, 0.3) is 10.9 Å². The van der Waals surface area contributed by atoms with Crippen LogP contribution < -0.4 is 5.73 Å². The smallest absolute Gasteiger partial charge is 0.220 e. The van der Waals surface area contributed by atoms with E-state index >= 15 is 0 Å². The van der Waals surface area contributed by atoms with Gasteiger partial charge in [-0.2, -0.15) is 11.8 Å². The summed E-state index contributed by atoms with van der Waals surface area (Å²) < 4.78 is 13.7. The number of anilines is 1. The second kappa shape index (κ2) is 4.14. The van der Waals surface area contributed by atoms with Gasteiger partial charge in [0.05, 0.1) is 5.69 Å². The van der Waals surface area contributed by atoms with Crippen LogP contribution >= 0.6 is 11.8 Å². The Morgan fingerprint density at radius 2 is 2.24 bits per heavy atom. The highest BCUT2D eigenvalue weighted by Crippen LogP contribution is 2.35. The molecule has 1 aliphatic rings. The highest BCUT2D eigenvalue weighted by atomic mass is 32.2. The van der Waals surface area contributed by atoms with Crippen molar-refractivity contribution in [2.24, 2.45) is 0 Å². The van der Waals surface area contributed by atoms with Crippen LogP contribution in [0.1, 0.15) is 18.0 Å². The van der Waals surface area contributed by atoms with E-state index in [9.17, 15) is 4.39 Å². The van der Waals surface area contributed by atoms with Crippen LogP contribution in [0.3, 0.4) is 0 Å². The molecule has 3 nitrogen and oxygen atoms in total. The topological polar surface area (TPSA) is 51.8 Å². The van der Waals surface area contributed by atoms with Gasteiger partial charge in [-0.3, -0.25) is 0 Å². The van der Waals surface area contributed by atoms with Crippen molar-refractivity contribution in [3.63, 3.8) is 0 Å². The minimum atomic E-state index is -0.330. The number of aromatic nitrogens is 2. The Labute approximate surface area is 103 Å². The molecule has 0 radical (unpaired) electrons. The monoisotopic (exact) mass is 249 g/mol. The maximum atomic E-state index is 13.7. The Bertz CT molecular complexity index is 567. The van der Waals surface area contributed by atoms with Gasteiger partial charge in [0, 0.05) is 17.1 Å². The fourth-order valence-corrected chi connectivity index (χ4v) is 3.45. The lowest BCUT2D eigenvalue weighted by Gasteiger charge is -2.11. The number of nitrogen functional groups attached to an aromatic ring is 1. The number of para-hydroxylation sites is 1.